The molecule has 0 bridgehead atoms. The molecule has 1 unspecified atom stereocenters. The summed E-state index contributed by atoms with van der Waals surface area (Å²) in [6, 6.07) is 4.88. The molecule has 0 aromatic carbocycles. The number of carbonyl (C=O) groups excluding carboxylic acids is 2. The van der Waals surface area contributed by atoms with Crippen molar-refractivity contribution < 1.29 is 14.3 Å². The van der Waals surface area contributed by atoms with Crippen molar-refractivity contribution in [1.82, 2.24) is 15.2 Å². The summed E-state index contributed by atoms with van der Waals surface area (Å²) in [7, 11) is 3.22. The van der Waals surface area contributed by atoms with E-state index in [0.717, 1.165) is 5.69 Å². The Morgan fingerprint density at radius 2 is 2.25 bits per heavy atom. The maximum absolute atomic E-state index is 12.0. The molecule has 0 aliphatic carbocycles. The number of ether oxygens (including phenoxy) is 1. The zero-order valence-corrected chi connectivity index (χ0v) is 11.7. The Hall–Kier alpha value is -2.15. The molecule has 110 valence electrons. The first-order valence-corrected chi connectivity index (χ1v) is 6.25. The van der Waals surface area contributed by atoms with Crippen molar-refractivity contribution in [3.8, 4) is 0 Å². The molecular weight excluding hydrogens is 260 g/mol. The van der Waals surface area contributed by atoms with Crippen molar-refractivity contribution in [2.75, 3.05) is 27.3 Å². The van der Waals surface area contributed by atoms with Gasteiger partial charge >= 0.3 is 6.03 Å². The molecule has 1 heterocycles. The lowest BCUT2D eigenvalue weighted by atomic mass is 10.2. The highest BCUT2D eigenvalue weighted by atomic mass is 16.5. The lowest BCUT2D eigenvalue weighted by Gasteiger charge is -2.27. The number of nitrogens with two attached hydrogens (primary N) is 1. The van der Waals surface area contributed by atoms with Crippen molar-refractivity contribution in [2.24, 2.45) is 5.73 Å². The first kappa shape index (κ1) is 15.9. The van der Waals surface area contributed by atoms with Gasteiger partial charge in [0.05, 0.1) is 18.3 Å². The molecule has 0 saturated carbocycles. The third-order valence-corrected chi connectivity index (χ3v) is 2.79. The number of hydrogen-bond donors (Lipinski definition) is 2. The Morgan fingerprint density at radius 1 is 1.50 bits per heavy atom. The summed E-state index contributed by atoms with van der Waals surface area (Å²) in [5, 5.41) is 2.63. The average molecular weight is 280 g/mol. The number of urea groups is 1. The van der Waals surface area contributed by atoms with Crippen LogP contribution in [0, 0.1) is 0 Å². The summed E-state index contributed by atoms with van der Waals surface area (Å²) < 4.78 is 5.14. The van der Waals surface area contributed by atoms with E-state index in [1.165, 1.54) is 4.90 Å². The zero-order valence-electron chi connectivity index (χ0n) is 11.7. The molecule has 0 aliphatic rings. The zero-order chi connectivity index (χ0) is 15.0. The second kappa shape index (κ2) is 8.11. The molecule has 3 N–H and O–H groups in total. The fourth-order valence-corrected chi connectivity index (χ4v) is 1.69. The number of carbonyl (C=O) groups is 2. The Kier molecular flexibility index (Phi) is 6.45. The minimum absolute atomic E-state index is 0.109. The molecule has 0 radical (unpaired) electrons. The van der Waals surface area contributed by atoms with Crippen LogP contribution in [0.2, 0.25) is 0 Å². The minimum atomic E-state index is -0.453. The van der Waals surface area contributed by atoms with Crippen LogP contribution in [-0.2, 0) is 9.53 Å². The van der Waals surface area contributed by atoms with Crippen LogP contribution in [0.3, 0.4) is 0 Å². The van der Waals surface area contributed by atoms with Gasteiger partial charge in [0, 0.05) is 33.3 Å². The quantitative estimate of drug-likeness (QED) is 0.750. The number of pyridine rings is 1. The highest BCUT2D eigenvalue weighted by molar-refractivity contribution is 5.77. The number of likely N-dealkylation sites (N-methyl/N-ethyl adjacent to an activating group) is 1. The summed E-state index contributed by atoms with van der Waals surface area (Å²) in [6.07, 6.45) is 1.77. The molecule has 1 atom stereocenters. The molecule has 1 aromatic rings. The molecule has 0 fully saturated rings. The maximum atomic E-state index is 12.0. The fraction of sp³-hybridized carbons (Fsp3) is 0.462. The van der Waals surface area contributed by atoms with Crippen LogP contribution < -0.4 is 11.1 Å². The highest BCUT2D eigenvalue weighted by Crippen LogP contribution is 2.17. The first-order chi connectivity index (χ1) is 9.56. The Morgan fingerprint density at radius 3 is 2.80 bits per heavy atom. The van der Waals surface area contributed by atoms with Gasteiger partial charge in [-0.3, -0.25) is 9.78 Å². The van der Waals surface area contributed by atoms with Gasteiger partial charge in [-0.15, -0.1) is 0 Å². The number of nitrogens with zero attached hydrogens (tertiary/aromatic N) is 2. The van der Waals surface area contributed by atoms with E-state index in [2.05, 4.69) is 10.3 Å². The number of aromatic nitrogens is 1. The van der Waals surface area contributed by atoms with Gasteiger partial charge < -0.3 is 20.7 Å². The van der Waals surface area contributed by atoms with Gasteiger partial charge in [-0.2, -0.15) is 0 Å². The standard InChI is InChI=1S/C13H20N4O3/c1-17(13(19)16-8-6-12(14)18)11(9-20-2)10-5-3-4-7-15-10/h3-5,7,11H,6,8-9H2,1-2H3,(H2,14,18)(H,16,19). The topological polar surface area (TPSA) is 97.6 Å². The largest absolute Gasteiger partial charge is 0.382 e. The maximum Gasteiger partial charge on any atom is 0.317 e. The number of amides is 3. The molecule has 0 saturated heterocycles. The SMILES string of the molecule is COCC(c1ccccn1)N(C)C(=O)NCCC(N)=O. The van der Waals surface area contributed by atoms with Crippen molar-refractivity contribution in [1.29, 1.82) is 0 Å². The lowest BCUT2D eigenvalue weighted by Crippen LogP contribution is -2.42. The van der Waals surface area contributed by atoms with Gasteiger partial charge in [0.25, 0.3) is 0 Å². The molecule has 0 aliphatic heterocycles. The summed E-state index contributed by atoms with van der Waals surface area (Å²) in [4.78, 5) is 28.4. The molecule has 7 nitrogen and oxygen atoms in total. The summed E-state index contributed by atoms with van der Waals surface area (Å²) in [5.41, 5.74) is 5.76. The average Bonchev–Trinajstić information content (AvgIpc) is 2.44. The Labute approximate surface area is 118 Å². The molecule has 0 spiro atoms. The van der Waals surface area contributed by atoms with E-state index in [0.29, 0.717) is 6.61 Å². The monoisotopic (exact) mass is 280 g/mol. The molecule has 20 heavy (non-hydrogen) atoms. The first-order valence-electron chi connectivity index (χ1n) is 6.25. The number of nitrogens with one attached hydrogen (secondary N) is 1. The van der Waals surface area contributed by atoms with Crippen LogP contribution in [0.15, 0.2) is 24.4 Å². The van der Waals surface area contributed by atoms with Gasteiger partial charge in [-0.25, -0.2) is 4.79 Å². The number of primary amides is 1. The van der Waals surface area contributed by atoms with Crippen LogP contribution in [0.4, 0.5) is 4.79 Å². The van der Waals surface area contributed by atoms with Crippen LogP contribution in [0.25, 0.3) is 0 Å². The third kappa shape index (κ3) is 4.85. The van der Waals surface area contributed by atoms with Crippen molar-refractivity contribution >= 4 is 11.9 Å². The lowest BCUT2D eigenvalue weighted by molar-refractivity contribution is -0.117. The molecule has 1 aromatic heterocycles. The second-order valence-corrected chi connectivity index (χ2v) is 4.28. The number of hydrogen-bond acceptors (Lipinski definition) is 4. The predicted molar refractivity (Wildman–Crippen MR) is 73.8 cm³/mol. The number of methoxy groups -OCH3 is 1. The molecule has 7 heteroatoms. The van der Waals surface area contributed by atoms with E-state index >= 15 is 0 Å². The predicted octanol–water partition coefficient (Wildman–Crippen LogP) is 0.286. The third-order valence-electron chi connectivity index (χ3n) is 2.79. The van der Waals surface area contributed by atoms with Crippen molar-refractivity contribution in [2.45, 2.75) is 12.5 Å². The highest BCUT2D eigenvalue weighted by Gasteiger charge is 2.22. The van der Waals surface area contributed by atoms with E-state index < -0.39 is 5.91 Å². The molecule has 1 rings (SSSR count). The van der Waals surface area contributed by atoms with E-state index in [4.69, 9.17) is 10.5 Å². The van der Waals surface area contributed by atoms with Crippen molar-refractivity contribution in [3.05, 3.63) is 30.1 Å². The van der Waals surface area contributed by atoms with Gasteiger partial charge in [0.15, 0.2) is 0 Å². The fourth-order valence-electron chi connectivity index (χ4n) is 1.69. The number of rotatable bonds is 7. The van der Waals surface area contributed by atoms with Crippen molar-refractivity contribution in [3.63, 3.8) is 0 Å². The van der Waals surface area contributed by atoms with Gasteiger partial charge in [0.2, 0.25) is 5.91 Å². The van der Waals surface area contributed by atoms with Gasteiger partial charge in [-0.05, 0) is 12.1 Å². The minimum Gasteiger partial charge on any atom is -0.382 e. The van der Waals surface area contributed by atoms with Gasteiger partial charge in [0.1, 0.15) is 0 Å². The van der Waals surface area contributed by atoms with Crippen LogP contribution >= 0.6 is 0 Å². The normalized spacial score (nSPS) is 11.7. The molecular formula is C13H20N4O3. The summed E-state index contributed by atoms with van der Waals surface area (Å²) in [6.45, 7) is 0.539. The van der Waals surface area contributed by atoms with E-state index in [-0.39, 0.29) is 25.0 Å². The van der Waals surface area contributed by atoms with Gasteiger partial charge in [-0.1, -0.05) is 6.07 Å². The second-order valence-electron chi connectivity index (χ2n) is 4.28. The summed E-state index contributed by atoms with van der Waals surface area (Å²) >= 11 is 0. The van der Waals surface area contributed by atoms with E-state index in [1.54, 1.807) is 26.4 Å². The molecule has 3 amide bonds. The Balaban J connectivity index is 2.66. The van der Waals surface area contributed by atoms with E-state index in [9.17, 15) is 9.59 Å². The van der Waals surface area contributed by atoms with Crippen LogP contribution in [0.5, 0.6) is 0 Å². The van der Waals surface area contributed by atoms with Crippen LogP contribution in [-0.4, -0.2) is 49.1 Å². The van der Waals surface area contributed by atoms with E-state index in [1.807, 2.05) is 12.1 Å². The smallest absolute Gasteiger partial charge is 0.317 e. The Bertz CT molecular complexity index is 439. The summed E-state index contributed by atoms with van der Waals surface area (Å²) in [5.74, 6) is -0.453. The van der Waals surface area contributed by atoms with Crippen LogP contribution in [0.1, 0.15) is 18.2 Å².